The van der Waals surface area contributed by atoms with Crippen molar-refractivity contribution in [2.75, 3.05) is 0 Å². The summed E-state index contributed by atoms with van der Waals surface area (Å²) in [6.45, 7) is 2.33. The van der Waals surface area contributed by atoms with Gasteiger partial charge in [-0.25, -0.2) is 0 Å². The summed E-state index contributed by atoms with van der Waals surface area (Å²) < 4.78 is 0. The van der Waals surface area contributed by atoms with E-state index in [0.29, 0.717) is 0 Å². The number of fused-ring (bicyclic) bond motifs is 1. The van der Waals surface area contributed by atoms with Crippen LogP contribution in [-0.2, 0) is 0 Å². The summed E-state index contributed by atoms with van der Waals surface area (Å²) in [4.78, 5) is 0. The fourth-order valence-electron chi connectivity index (χ4n) is 1.86. The van der Waals surface area contributed by atoms with Crippen LogP contribution >= 0.6 is 11.8 Å². The van der Waals surface area contributed by atoms with E-state index >= 15 is 0 Å². The quantitative estimate of drug-likeness (QED) is 0.507. The zero-order valence-electron chi connectivity index (χ0n) is 5.97. The maximum absolute atomic E-state index is 2.33. The van der Waals surface area contributed by atoms with Gasteiger partial charge in [0.25, 0.3) is 0 Å². The van der Waals surface area contributed by atoms with Gasteiger partial charge in [-0.15, -0.1) is 0 Å². The van der Waals surface area contributed by atoms with Crippen molar-refractivity contribution in [2.24, 2.45) is 5.92 Å². The van der Waals surface area contributed by atoms with E-state index in [1.54, 1.807) is 0 Å². The molecule has 3 atom stereocenters. The molecule has 1 aliphatic heterocycles. The Kier molecular flexibility index (Phi) is 1.48. The predicted molar refractivity (Wildman–Crippen MR) is 42.8 cm³/mol. The van der Waals surface area contributed by atoms with Crippen molar-refractivity contribution < 1.29 is 0 Å². The molecule has 52 valence electrons. The van der Waals surface area contributed by atoms with Gasteiger partial charge in [-0.05, 0) is 25.2 Å². The SMILES string of the molecule is CCC1CCC2SC2C1. The molecule has 0 aromatic heterocycles. The summed E-state index contributed by atoms with van der Waals surface area (Å²) in [5.41, 5.74) is 0. The van der Waals surface area contributed by atoms with Crippen LogP contribution in [0.15, 0.2) is 0 Å². The maximum atomic E-state index is 2.33. The Hall–Kier alpha value is 0.350. The summed E-state index contributed by atoms with van der Waals surface area (Å²) in [6.07, 6.45) is 5.99. The van der Waals surface area contributed by atoms with Crippen LogP contribution in [0.25, 0.3) is 0 Å². The van der Waals surface area contributed by atoms with Gasteiger partial charge >= 0.3 is 0 Å². The molecule has 0 aromatic carbocycles. The van der Waals surface area contributed by atoms with E-state index < -0.39 is 0 Å². The zero-order valence-corrected chi connectivity index (χ0v) is 6.79. The minimum Gasteiger partial charge on any atom is -0.153 e. The maximum Gasteiger partial charge on any atom is 0.0172 e. The van der Waals surface area contributed by atoms with E-state index in [9.17, 15) is 0 Å². The van der Waals surface area contributed by atoms with Crippen molar-refractivity contribution in [3.05, 3.63) is 0 Å². The number of hydrogen-bond acceptors (Lipinski definition) is 1. The number of thioether (sulfide) groups is 1. The van der Waals surface area contributed by atoms with Crippen LogP contribution in [0, 0.1) is 5.92 Å². The Morgan fingerprint density at radius 3 is 2.89 bits per heavy atom. The molecular formula is C8H14S. The molecule has 9 heavy (non-hydrogen) atoms. The van der Waals surface area contributed by atoms with Gasteiger partial charge in [-0.1, -0.05) is 13.3 Å². The van der Waals surface area contributed by atoms with E-state index in [1.165, 1.54) is 25.7 Å². The van der Waals surface area contributed by atoms with E-state index in [0.717, 1.165) is 16.4 Å². The molecule has 0 spiro atoms. The molecule has 1 aliphatic carbocycles. The van der Waals surface area contributed by atoms with Crippen molar-refractivity contribution in [3.8, 4) is 0 Å². The van der Waals surface area contributed by atoms with Crippen LogP contribution in [0.3, 0.4) is 0 Å². The van der Waals surface area contributed by atoms with Crippen molar-refractivity contribution in [1.29, 1.82) is 0 Å². The fourth-order valence-corrected chi connectivity index (χ4v) is 3.12. The Bertz CT molecular complexity index is 111. The summed E-state index contributed by atoms with van der Waals surface area (Å²) in [5.74, 6) is 1.08. The lowest BCUT2D eigenvalue weighted by Gasteiger charge is -2.17. The van der Waals surface area contributed by atoms with Gasteiger partial charge in [0.1, 0.15) is 0 Å². The minimum atomic E-state index is 1.08. The third kappa shape index (κ3) is 1.12. The molecule has 0 radical (unpaired) electrons. The highest BCUT2D eigenvalue weighted by Crippen LogP contribution is 2.52. The van der Waals surface area contributed by atoms with Gasteiger partial charge in [-0.3, -0.25) is 0 Å². The summed E-state index contributed by atoms with van der Waals surface area (Å²) >= 11 is 2.22. The van der Waals surface area contributed by atoms with Crippen LogP contribution in [0.4, 0.5) is 0 Å². The predicted octanol–water partition coefficient (Wildman–Crippen LogP) is 2.68. The van der Waals surface area contributed by atoms with E-state index in [4.69, 9.17) is 0 Å². The summed E-state index contributed by atoms with van der Waals surface area (Å²) in [5, 5.41) is 2.21. The van der Waals surface area contributed by atoms with E-state index in [2.05, 4.69) is 18.7 Å². The highest BCUT2D eigenvalue weighted by atomic mass is 32.2. The van der Waals surface area contributed by atoms with Gasteiger partial charge in [-0.2, -0.15) is 11.8 Å². The molecule has 1 saturated heterocycles. The van der Waals surface area contributed by atoms with Crippen LogP contribution in [0.5, 0.6) is 0 Å². The number of hydrogen-bond donors (Lipinski definition) is 0. The third-order valence-electron chi connectivity index (χ3n) is 2.69. The summed E-state index contributed by atoms with van der Waals surface area (Å²) in [7, 11) is 0. The largest absolute Gasteiger partial charge is 0.153 e. The van der Waals surface area contributed by atoms with E-state index in [1.807, 2.05) is 0 Å². The standard InChI is InChI=1S/C8H14S/c1-2-6-3-4-7-8(5-6)9-7/h6-8H,2-5H2,1H3. The Labute approximate surface area is 61.4 Å². The van der Waals surface area contributed by atoms with Crippen molar-refractivity contribution in [3.63, 3.8) is 0 Å². The average molecular weight is 142 g/mol. The van der Waals surface area contributed by atoms with Gasteiger partial charge in [0.2, 0.25) is 0 Å². The topological polar surface area (TPSA) is 0 Å². The second kappa shape index (κ2) is 2.19. The molecule has 2 rings (SSSR count). The van der Waals surface area contributed by atoms with Crippen LogP contribution in [0.2, 0.25) is 0 Å². The second-order valence-electron chi connectivity index (χ2n) is 3.30. The van der Waals surface area contributed by atoms with E-state index in [-0.39, 0.29) is 0 Å². The van der Waals surface area contributed by atoms with Crippen LogP contribution in [-0.4, -0.2) is 10.5 Å². The molecular weight excluding hydrogens is 128 g/mol. The Balaban J connectivity index is 1.86. The monoisotopic (exact) mass is 142 g/mol. The molecule has 2 aliphatic rings. The molecule has 2 fully saturated rings. The molecule has 1 saturated carbocycles. The molecule has 0 N–H and O–H groups in total. The Morgan fingerprint density at radius 1 is 1.33 bits per heavy atom. The first-order valence-electron chi connectivity index (χ1n) is 4.05. The lowest BCUT2D eigenvalue weighted by molar-refractivity contribution is 0.386. The third-order valence-corrected chi connectivity index (χ3v) is 4.16. The molecule has 0 bridgehead atoms. The molecule has 1 heteroatoms. The van der Waals surface area contributed by atoms with Gasteiger partial charge < -0.3 is 0 Å². The van der Waals surface area contributed by atoms with Crippen molar-refractivity contribution in [2.45, 2.75) is 43.1 Å². The fraction of sp³-hybridized carbons (Fsp3) is 1.00. The second-order valence-corrected chi connectivity index (χ2v) is 4.78. The molecule has 3 unspecified atom stereocenters. The van der Waals surface area contributed by atoms with Crippen LogP contribution < -0.4 is 0 Å². The first kappa shape index (κ1) is 6.09. The zero-order chi connectivity index (χ0) is 6.27. The molecule has 0 aromatic rings. The first-order valence-corrected chi connectivity index (χ1v) is 5.00. The lowest BCUT2D eigenvalue weighted by Crippen LogP contribution is -2.11. The Morgan fingerprint density at radius 2 is 2.22 bits per heavy atom. The van der Waals surface area contributed by atoms with Crippen molar-refractivity contribution in [1.82, 2.24) is 0 Å². The van der Waals surface area contributed by atoms with Crippen molar-refractivity contribution >= 4 is 11.8 Å². The smallest absolute Gasteiger partial charge is 0.0172 e. The minimum absolute atomic E-state index is 1.08. The van der Waals surface area contributed by atoms with Crippen LogP contribution in [0.1, 0.15) is 32.6 Å². The molecule has 1 heterocycles. The van der Waals surface area contributed by atoms with Gasteiger partial charge in [0.15, 0.2) is 0 Å². The number of rotatable bonds is 1. The highest BCUT2D eigenvalue weighted by molar-refractivity contribution is 8.07. The molecule has 0 nitrogen and oxygen atoms in total. The normalized spacial score (nSPS) is 48.3. The highest BCUT2D eigenvalue weighted by Gasteiger charge is 2.42. The van der Waals surface area contributed by atoms with Gasteiger partial charge in [0.05, 0.1) is 0 Å². The first-order chi connectivity index (χ1) is 4.40. The molecule has 0 amide bonds. The van der Waals surface area contributed by atoms with Gasteiger partial charge in [0, 0.05) is 10.5 Å². The lowest BCUT2D eigenvalue weighted by atomic mass is 9.88. The summed E-state index contributed by atoms with van der Waals surface area (Å²) in [6, 6.07) is 0. The average Bonchev–Trinajstić information content (AvgIpc) is 2.64.